The normalized spacial score (nSPS) is 11.0. The minimum absolute atomic E-state index is 0.253. The summed E-state index contributed by atoms with van der Waals surface area (Å²) >= 11 is 13.7. The fraction of sp³-hybridized carbons (Fsp3) is 0.0938. The van der Waals surface area contributed by atoms with Crippen LogP contribution >= 0.6 is 34.5 Å². The standard InChI is InChI=1S/C32H26Cl2N4O3S/c1-20-3-12-26(13-4-20)36-32-37-28(19-42-32)22-6-8-23(9-7-22)31(39)38-35-17-21-5-14-29(30(15-21)40-2)41-18-24-10-11-25(33)16-27(24)34/h3-17,19H,18H2,1-2H3,(H,36,37)(H,38,39)/b35-17-. The minimum atomic E-state index is -0.329. The number of aryl methyl sites for hydroxylation is 1. The van der Waals surface area contributed by atoms with Gasteiger partial charge in [0.05, 0.1) is 19.0 Å². The molecule has 0 unspecified atom stereocenters. The molecule has 0 bridgehead atoms. The Bertz CT molecular complexity index is 1720. The summed E-state index contributed by atoms with van der Waals surface area (Å²) in [5.74, 6) is 0.734. The number of hydrogen-bond acceptors (Lipinski definition) is 7. The summed E-state index contributed by atoms with van der Waals surface area (Å²) in [6, 6.07) is 25.9. The molecular formula is C32H26Cl2N4O3S. The van der Waals surface area contributed by atoms with Crippen LogP contribution in [0.1, 0.15) is 27.0 Å². The van der Waals surface area contributed by atoms with E-state index in [1.54, 1.807) is 43.5 Å². The highest BCUT2D eigenvalue weighted by atomic mass is 35.5. The number of rotatable bonds is 10. The van der Waals surface area contributed by atoms with E-state index in [-0.39, 0.29) is 12.5 Å². The maximum absolute atomic E-state index is 12.6. The first kappa shape index (κ1) is 29.1. The van der Waals surface area contributed by atoms with Crippen LogP contribution in [0.3, 0.4) is 0 Å². The van der Waals surface area contributed by atoms with E-state index in [4.69, 9.17) is 32.7 Å². The Morgan fingerprint density at radius 1 is 0.976 bits per heavy atom. The molecule has 42 heavy (non-hydrogen) atoms. The fourth-order valence-electron chi connectivity index (χ4n) is 3.92. The highest BCUT2D eigenvalue weighted by molar-refractivity contribution is 7.14. The van der Waals surface area contributed by atoms with Gasteiger partial charge in [-0.1, -0.05) is 59.1 Å². The monoisotopic (exact) mass is 616 g/mol. The average Bonchev–Trinajstić information content (AvgIpc) is 3.46. The van der Waals surface area contributed by atoms with Crippen molar-refractivity contribution in [1.29, 1.82) is 0 Å². The van der Waals surface area contributed by atoms with Crippen LogP contribution in [-0.4, -0.2) is 24.2 Å². The van der Waals surface area contributed by atoms with Gasteiger partial charge in [-0.25, -0.2) is 10.4 Å². The lowest BCUT2D eigenvalue weighted by Gasteiger charge is -2.12. The topological polar surface area (TPSA) is 84.8 Å². The Kier molecular flexibility index (Phi) is 9.38. The quantitative estimate of drug-likeness (QED) is 0.121. The third-order valence-corrected chi connectivity index (χ3v) is 7.56. The first-order chi connectivity index (χ1) is 20.4. The molecule has 1 aromatic heterocycles. The first-order valence-corrected chi connectivity index (χ1v) is 14.5. The van der Waals surface area contributed by atoms with E-state index >= 15 is 0 Å². The number of halogens is 2. The molecule has 1 amide bonds. The van der Waals surface area contributed by atoms with Gasteiger partial charge < -0.3 is 14.8 Å². The maximum Gasteiger partial charge on any atom is 0.271 e. The number of nitrogens with one attached hydrogen (secondary N) is 2. The van der Waals surface area contributed by atoms with Crippen LogP contribution in [0.4, 0.5) is 10.8 Å². The molecule has 0 atom stereocenters. The van der Waals surface area contributed by atoms with E-state index in [2.05, 4.69) is 39.9 Å². The number of nitrogens with zero attached hydrogens (tertiary/aromatic N) is 2. The van der Waals surface area contributed by atoms with E-state index in [0.29, 0.717) is 27.1 Å². The molecule has 0 fully saturated rings. The zero-order chi connectivity index (χ0) is 29.5. The van der Waals surface area contributed by atoms with Crippen LogP contribution in [0.25, 0.3) is 11.3 Å². The molecule has 0 aliphatic heterocycles. The predicted molar refractivity (Wildman–Crippen MR) is 171 cm³/mol. The lowest BCUT2D eigenvalue weighted by Crippen LogP contribution is -2.17. The Hall–Kier alpha value is -4.37. The second-order valence-corrected chi connectivity index (χ2v) is 10.9. The van der Waals surface area contributed by atoms with Crippen LogP contribution in [-0.2, 0) is 6.61 Å². The summed E-state index contributed by atoms with van der Waals surface area (Å²) < 4.78 is 11.4. The van der Waals surface area contributed by atoms with Crippen molar-refractivity contribution in [3.05, 3.63) is 123 Å². The zero-order valence-electron chi connectivity index (χ0n) is 22.7. The van der Waals surface area contributed by atoms with Gasteiger partial charge in [-0.3, -0.25) is 4.79 Å². The highest BCUT2D eigenvalue weighted by Gasteiger charge is 2.10. The molecule has 0 spiro atoms. The van der Waals surface area contributed by atoms with Gasteiger partial charge >= 0.3 is 0 Å². The number of hydrazone groups is 1. The first-order valence-electron chi connectivity index (χ1n) is 12.9. The lowest BCUT2D eigenvalue weighted by atomic mass is 10.1. The summed E-state index contributed by atoms with van der Waals surface area (Å²) in [6.07, 6.45) is 1.53. The van der Waals surface area contributed by atoms with E-state index in [9.17, 15) is 4.79 Å². The van der Waals surface area contributed by atoms with Crippen molar-refractivity contribution < 1.29 is 14.3 Å². The Morgan fingerprint density at radius 3 is 2.50 bits per heavy atom. The van der Waals surface area contributed by atoms with Gasteiger partial charge in [0.15, 0.2) is 16.6 Å². The summed E-state index contributed by atoms with van der Waals surface area (Å²) in [6.45, 7) is 2.30. The van der Waals surface area contributed by atoms with Crippen molar-refractivity contribution in [3.63, 3.8) is 0 Å². The summed E-state index contributed by atoms with van der Waals surface area (Å²) in [5, 5.41) is 11.3. The number of thiazole rings is 1. The van der Waals surface area contributed by atoms with Gasteiger partial charge in [0.1, 0.15) is 6.61 Å². The molecule has 10 heteroatoms. The van der Waals surface area contributed by atoms with Crippen molar-refractivity contribution in [1.82, 2.24) is 10.4 Å². The number of carbonyl (C=O) groups is 1. The molecule has 5 rings (SSSR count). The molecule has 1 heterocycles. The lowest BCUT2D eigenvalue weighted by molar-refractivity contribution is 0.0955. The Labute approximate surface area is 257 Å². The second kappa shape index (κ2) is 13.5. The number of methoxy groups -OCH3 is 1. The van der Waals surface area contributed by atoms with E-state index in [0.717, 1.165) is 33.2 Å². The van der Waals surface area contributed by atoms with Crippen molar-refractivity contribution in [2.75, 3.05) is 12.4 Å². The molecule has 7 nitrogen and oxygen atoms in total. The SMILES string of the molecule is COc1cc(/C=N\NC(=O)c2ccc(-c3csc(Nc4ccc(C)cc4)n3)cc2)ccc1OCc1ccc(Cl)cc1Cl. The van der Waals surface area contributed by atoms with E-state index in [1.165, 1.54) is 23.1 Å². The van der Waals surface area contributed by atoms with Crippen LogP contribution < -0.4 is 20.2 Å². The van der Waals surface area contributed by atoms with Crippen molar-refractivity contribution in [3.8, 4) is 22.8 Å². The number of anilines is 2. The fourth-order valence-corrected chi connectivity index (χ4v) is 5.13. The largest absolute Gasteiger partial charge is 0.493 e. The Balaban J connectivity index is 1.16. The van der Waals surface area contributed by atoms with Gasteiger partial charge in [-0.15, -0.1) is 11.3 Å². The molecule has 0 saturated heterocycles. The third-order valence-electron chi connectivity index (χ3n) is 6.22. The molecule has 2 N–H and O–H groups in total. The molecule has 0 radical (unpaired) electrons. The molecular weight excluding hydrogens is 591 g/mol. The van der Waals surface area contributed by atoms with Gasteiger partial charge in [0.2, 0.25) is 0 Å². The number of benzene rings is 4. The molecule has 0 saturated carbocycles. The smallest absolute Gasteiger partial charge is 0.271 e. The second-order valence-electron chi connectivity index (χ2n) is 9.24. The van der Waals surface area contributed by atoms with Crippen molar-refractivity contribution >= 4 is 57.5 Å². The molecule has 0 aliphatic carbocycles. The number of carbonyl (C=O) groups excluding carboxylic acids is 1. The summed E-state index contributed by atoms with van der Waals surface area (Å²) in [4.78, 5) is 17.3. The number of aromatic nitrogens is 1. The van der Waals surface area contributed by atoms with Crippen molar-refractivity contribution in [2.45, 2.75) is 13.5 Å². The zero-order valence-corrected chi connectivity index (χ0v) is 25.1. The highest BCUT2D eigenvalue weighted by Crippen LogP contribution is 2.30. The number of ether oxygens (including phenoxy) is 2. The molecule has 212 valence electrons. The van der Waals surface area contributed by atoms with E-state index in [1.807, 2.05) is 41.8 Å². The van der Waals surface area contributed by atoms with Gasteiger partial charge in [0, 0.05) is 37.8 Å². The average molecular weight is 618 g/mol. The van der Waals surface area contributed by atoms with Crippen LogP contribution in [0.15, 0.2) is 95.4 Å². The molecule has 5 aromatic rings. The number of hydrogen-bond donors (Lipinski definition) is 2. The molecule has 0 aliphatic rings. The summed E-state index contributed by atoms with van der Waals surface area (Å²) in [7, 11) is 1.55. The van der Waals surface area contributed by atoms with Crippen LogP contribution in [0.5, 0.6) is 11.5 Å². The van der Waals surface area contributed by atoms with Gasteiger partial charge in [-0.05, 0) is 67.1 Å². The van der Waals surface area contributed by atoms with Crippen LogP contribution in [0.2, 0.25) is 10.0 Å². The van der Waals surface area contributed by atoms with Gasteiger partial charge in [0.25, 0.3) is 5.91 Å². The predicted octanol–water partition coefficient (Wildman–Crippen LogP) is 8.52. The van der Waals surface area contributed by atoms with Crippen LogP contribution in [0, 0.1) is 6.92 Å². The minimum Gasteiger partial charge on any atom is -0.493 e. The van der Waals surface area contributed by atoms with E-state index < -0.39 is 0 Å². The summed E-state index contributed by atoms with van der Waals surface area (Å²) in [5.41, 5.74) is 8.49. The number of amides is 1. The Morgan fingerprint density at radius 2 is 1.76 bits per heavy atom. The van der Waals surface area contributed by atoms with Crippen molar-refractivity contribution in [2.24, 2.45) is 5.10 Å². The maximum atomic E-state index is 12.6. The third kappa shape index (κ3) is 7.47. The van der Waals surface area contributed by atoms with Gasteiger partial charge in [-0.2, -0.15) is 5.10 Å². The molecule has 4 aromatic carbocycles.